The minimum absolute atomic E-state index is 0.0141. The van der Waals surface area contributed by atoms with Gasteiger partial charge in [-0.25, -0.2) is 0 Å². The van der Waals surface area contributed by atoms with Crippen LogP contribution in [0.3, 0.4) is 0 Å². The third-order valence-electron chi connectivity index (χ3n) is 5.43. The minimum Gasteiger partial charge on any atom is -0.345 e. The van der Waals surface area contributed by atoms with E-state index in [-0.39, 0.29) is 29.8 Å². The van der Waals surface area contributed by atoms with Gasteiger partial charge in [-0.2, -0.15) is 0 Å². The predicted octanol–water partition coefficient (Wildman–Crippen LogP) is 1.80. The number of hydrogen-bond acceptors (Lipinski definition) is 2. The van der Waals surface area contributed by atoms with E-state index in [0.29, 0.717) is 5.92 Å². The molecule has 3 aliphatic rings. The molecule has 1 saturated heterocycles. The van der Waals surface area contributed by atoms with Crippen LogP contribution in [0.4, 0.5) is 0 Å². The zero-order valence-corrected chi connectivity index (χ0v) is 12.8. The molecule has 112 valence electrons. The van der Waals surface area contributed by atoms with Gasteiger partial charge in [-0.1, -0.05) is 27.2 Å². The highest BCUT2D eigenvalue weighted by Gasteiger charge is 2.46. The SMILES string of the molecule is CC(C)(C)C1C(=O)NCC(=O)N1CC1CC2CCC1C2. The molecule has 4 nitrogen and oxygen atoms in total. The van der Waals surface area contributed by atoms with Crippen LogP contribution >= 0.6 is 0 Å². The van der Waals surface area contributed by atoms with E-state index in [2.05, 4.69) is 5.32 Å². The van der Waals surface area contributed by atoms with Crippen LogP contribution in [0.2, 0.25) is 0 Å². The second kappa shape index (κ2) is 4.74. The number of hydrogen-bond donors (Lipinski definition) is 1. The summed E-state index contributed by atoms with van der Waals surface area (Å²) in [6.45, 7) is 7.10. The Hall–Kier alpha value is -1.06. The van der Waals surface area contributed by atoms with Crippen LogP contribution in [0.5, 0.6) is 0 Å². The molecule has 2 saturated carbocycles. The van der Waals surface area contributed by atoms with Crippen LogP contribution in [0.25, 0.3) is 0 Å². The Morgan fingerprint density at radius 1 is 1.20 bits per heavy atom. The molecule has 4 atom stereocenters. The highest BCUT2D eigenvalue weighted by Crippen LogP contribution is 2.48. The molecule has 0 aromatic heterocycles. The maximum absolute atomic E-state index is 12.3. The standard InChI is InChI=1S/C16H26N2O2/c1-16(2,3)14-15(20)17-8-13(19)18(14)9-12-7-10-4-5-11(12)6-10/h10-12,14H,4-9H2,1-3H3,(H,17,20). The number of carbonyl (C=O) groups excluding carboxylic acids is 2. The number of carbonyl (C=O) groups is 2. The lowest BCUT2D eigenvalue weighted by molar-refractivity contribution is -0.151. The van der Waals surface area contributed by atoms with Crippen LogP contribution in [0, 0.1) is 23.2 Å². The van der Waals surface area contributed by atoms with Gasteiger partial charge in [-0.05, 0) is 42.4 Å². The summed E-state index contributed by atoms with van der Waals surface area (Å²) in [5.74, 6) is 2.39. The molecule has 0 radical (unpaired) electrons. The summed E-state index contributed by atoms with van der Waals surface area (Å²) in [7, 11) is 0. The maximum atomic E-state index is 12.3. The average molecular weight is 278 g/mol. The van der Waals surface area contributed by atoms with Crippen molar-refractivity contribution in [3.8, 4) is 0 Å². The van der Waals surface area contributed by atoms with Crippen molar-refractivity contribution in [1.29, 1.82) is 0 Å². The number of piperazine rings is 1. The molecule has 3 fully saturated rings. The largest absolute Gasteiger partial charge is 0.345 e. The van der Waals surface area contributed by atoms with Crippen molar-refractivity contribution in [2.24, 2.45) is 23.2 Å². The predicted molar refractivity (Wildman–Crippen MR) is 76.9 cm³/mol. The fourth-order valence-corrected chi connectivity index (χ4v) is 4.57. The summed E-state index contributed by atoms with van der Waals surface area (Å²) in [5.41, 5.74) is -0.211. The summed E-state index contributed by atoms with van der Waals surface area (Å²) in [5, 5.41) is 2.75. The fourth-order valence-electron chi connectivity index (χ4n) is 4.57. The quantitative estimate of drug-likeness (QED) is 0.837. The Bertz CT molecular complexity index is 427. The Morgan fingerprint density at radius 2 is 1.95 bits per heavy atom. The first-order valence-corrected chi connectivity index (χ1v) is 7.93. The molecule has 1 N–H and O–H groups in total. The lowest BCUT2D eigenvalue weighted by atomic mass is 9.82. The van der Waals surface area contributed by atoms with Crippen molar-refractivity contribution < 1.29 is 9.59 Å². The molecular weight excluding hydrogens is 252 g/mol. The number of nitrogens with zero attached hydrogens (tertiary/aromatic N) is 1. The van der Waals surface area contributed by atoms with Gasteiger partial charge in [0.2, 0.25) is 11.8 Å². The zero-order chi connectivity index (χ0) is 14.5. The second-order valence-electron chi connectivity index (χ2n) is 7.97. The number of fused-ring (bicyclic) bond motifs is 2. The minimum atomic E-state index is -0.317. The smallest absolute Gasteiger partial charge is 0.243 e. The van der Waals surface area contributed by atoms with E-state index < -0.39 is 0 Å². The molecule has 1 aliphatic heterocycles. The van der Waals surface area contributed by atoms with Gasteiger partial charge in [0.1, 0.15) is 6.04 Å². The van der Waals surface area contributed by atoms with Crippen LogP contribution in [0.15, 0.2) is 0 Å². The highest BCUT2D eigenvalue weighted by atomic mass is 16.2. The van der Waals surface area contributed by atoms with Crippen molar-refractivity contribution in [3.63, 3.8) is 0 Å². The number of amides is 2. The molecule has 2 bridgehead atoms. The summed E-state index contributed by atoms with van der Waals surface area (Å²) in [4.78, 5) is 26.4. The lowest BCUT2D eigenvalue weighted by Crippen LogP contribution is -2.63. The molecule has 0 spiro atoms. The first-order chi connectivity index (χ1) is 9.36. The van der Waals surface area contributed by atoms with Crippen LogP contribution in [-0.4, -0.2) is 35.8 Å². The Balaban J connectivity index is 1.77. The number of rotatable bonds is 2. The van der Waals surface area contributed by atoms with Crippen LogP contribution in [0.1, 0.15) is 46.5 Å². The third-order valence-corrected chi connectivity index (χ3v) is 5.43. The van der Waals surface area contributed by atoms with Crippen molar-refractivity contribution in [2.45, 2.75) is 52.5 Å². The first kappa shape index (κ1) is 13.9. The molecule has 1 heterocycles. The first-order valence-electron chi connectivity index (χ1n) is 7.93. The van der Waals surface area contributed by atoms with E-state index >= 15 is 0 Å². The summed E-state index contributed by atoms with van der Waals surface area (Å²) in [6.07, 6.45) is 5.30. The molecule has 2 aliphatic carbocycles. The third kappa shape index (κ3) is 2.33. The topological polar surface area (TPSA) is 49.4 Å². The monoisotopic (exact) mass is 278 g/mol. The van der Waals surface area contributed by atoms with Gasteiger partial charge >= 0.3 is 0 Å². The van der Waals surface area contributed by atoms with Gasteiger partial charge in [0, 0.05) is 6.54 Å². The average Bonchev–Trinajstić information content (AvgIpc) is 2.94. The lowest BCUT2D eigenvalue weighted by Gasteiger charge is -2.43. The van der Waals surface area contributed by atoms with E-state index in [1.54, 1.807) is 0 Å². The van der Waals surface area contributed by atoms with E-state index in [1.165, 1.54) is 25.7 Å². The van der Waals surface area contributed by atoms with Crippen LogP contribution in [-0.2, 0) is 9.59 Å². The normalized spacial score (nSPS) is 37.5. The van der Waals surface area contributed by atoms with Crippen LogP contribution < -0.4 is 5.32 Å². The van der Waals surface area contributed by atoms with Gasteiger partial charge in [-0.3, -0.25) is 9.59 Å². The van der Waals surface area contributed by atoms with E-state index in [4.69, 9.17) is 0 Å². The molecule has 0 aromatic rings. The Labute approximate surface area is 121 Å². The van der Waals surface area contributed by atoms with Gasteiger partial charge in [-0.15, -0.1) is 0 Å². The molecule has 20 heavy (non-hydrogen) atoms. The second-order valence-corrected chi connectivity index (χ2v) is 7.97. The van der Waals surface area contributed by atoms with Crippen molar-refractivity contribution in [3.05, 3.63) is 0 Å². The molecule has 3 rings (SSSR count). The van der Waals surface area contributed by atoms with Gasteiger partial charge in [0.05, 0.1) is 6.54 Å². The maximum Gasteiger partial charge on any atom is 0.243 e. The Morgan fingerprint density at radius 3 is 2.50 bits per heavy atom. The zero-order valence-electron chi connectivity index (χ0n) is 12.8. The van der Waals surface area contributed by atoms with E-state index in [9.17, 15) is 9.59 Å². The highest BCUT2D eigenvalue weighted by molar-refractivity contribution is 5.95. The van der Waals surface area contributed by atoms with Crippen molar-refractivity contribution >= 4 is 11.8 Å². The Kier molecular flexibility index (Phi) is 3.30. The number of nitrogens with one attached hydrogen (secondary N) is 1. The van der Waals surface area contributed by atoms with Crippen molar-refractivity contribution in [1.82, 2.24) is 10.2 Å². The fraction of sp³-hybridized carbons (Fsp3) is 0.875. The van der Waals surface area contributed by atoms with Gasteiger partial charge in [0.15, 0.2) is 0 Å². The molecule has 4 heteroatoms. The van der Waals surface area contributed by atoms with Gasteiger partial charge in [0.25, 0.3) is 0 Å². The van der Waals surface area contributed by atoms with E-state index in [0.717, 1.165) is 18.4 Å². The van der Waals surface area contributed by atoms with Crippen molar-refractivity contribution in [2.75, 3.05) is 13.1 Å². The summed E-state index contributed by atoms with van der Waals surface area (Å²) >= 11 is 0. The summed E-state index contributed by atoms with van der Waals surface area (Å²) < 4.78 is 0. The van der Waals surface area contributed by atoms with E-state index in [1.807, 2.05) is 25.7 Å². The molecule has 4 unspecified atom stereocenters. The summed E-state index contributed by atoms with van der Waals surface area (Å²) in [6, 6.07) is -0.317. The molecule has 2 amide bonds. The molecule has 0 aromatic carbocycles. The molecular formula is C16H26N2O2. The van der Waals surface area contributed by atoms with Gasteiger partial charge < -0.3 is 10.2 Å².